The summed E-state index contributed by atoms with van der Waals surface area (Å²) in [6.07, 6.45) is 1.74. The zero-order valence-corrected chi connectivity index (χ0v) is 12.4. The van der Waals surface area contributed by atoms with Crippen LogP contribution < -0.4 is 5.32 Å². The summed E-state index contributed by atoms with van der Waals surface area (Å²) in [6, 6.07) is 6.81. The van der Waals surface area contributed by atoms with E-state index in [9.17, 15) is 8.42 Å². The molecule has 0 radical (unpaired) electrons. The highest BCUT2D eigenvalue weighted by molar-refractivity contribution is 7.90. The largest absolute Gasteiger partial charge is 0.313 e. The van der Waals surface area contributed by atoms with Gasteiger partial charge >= 0.3 is 0 Å². The fourth-order valence-corrected chi connectivity index (χ4v) is 2.61. The maximum atomic E-state index is 11.6. The highest BCUT2D eigenvalue weighted by atomic mass is 32.2. The number of tetrazole rings is 1. The Balaban J connectivity index is 2.28. The first-order chi connectivity index (χ1) is 9.40. The summed E-state index contributed by atoms with van der Waals surface area (Å²) in [7, 11) is 0.306. The van der Waals surface area contributed by atoms with Gasteiger partial charge in [-0.3, -0.25) is 0 Å². The maximum absolute atomic E-state index is 11.6. The number of aryl methyl sites for hydroxylation is 1. The van der Waals surface area contributed by atoms with Crippen molar-refractivity contribution in [3.63, 3.8) is 0 Å². The zero-order chi connectivity index (χ0) is 14.8. The van der Waals surface area contributed by atoms with Crippen molar-refractivity contribution >= 4 is 9.84 Å². The number of nitrogens with zero attached hydrogens (tertiary/aromatic N) is 4. The molecule has 7 nitrogen and oxygen atoms in total. The van der Waals surface area contributed by atoms with E-state index >= 15 is 0 Å². The molecule has 0 aliphatic carbocycles. The third-order valence-electron chi connectivity index (χ3n) is 2.97. The summed E-state index contributed by atoms with van der Waals surface area (Å²) in [5.74, 6) is 0.608. The number of nitrogens with one attached hydrogen (secondary N) is 1. The minimum Gasteiger partial charge on any atom is -0.313 e. The van der Waals surface area contributed by atoms with Crippen LogP contribution in [-0.2, 0) is 23.3 Å². The monoisotopic (exact) mass is 295 g/mol. The Morgan fingerprint density at radius 1 is 1.40 bits per heavy atom. The number of rotatable bonds is 5. The fourth-order valence-electron chi connectivity index (χ4n) is 1.94. The number of sulfone groups is 1. The minimum atomic E-state index is -3.21. The second-order valence-corrected chi connectivity index (χ2v) is 6.60. The van der Waals surface area contributed by atoms with Crippen LogP contribution in [0.2, 0.25) is 0 Å². The number of hydrogen-bond donors (Lipinski definition) is 1. The predicted molar refractivity (Wildman–Crippen MR) is 73.9 cm³/mol. The first kappa shape index (κ1) is 14.6. The highest BCUT2D eigenvalue weighted by Crippen LogP contribution is 2.19. The van der Waals surface area contributed by atoms with Gasteiger partial charge in [-0.15, -0.1) is 10.2 Å². The Morgan fingerprint density at radius 3 is 2.70 bits per heavy atom. The lowest BCUT2D eigenvalue weighted by Crippen LogP contribution is -2.20. The molecule has 1 aromatic heterocycles. The van der Waals surface area contributed by atoms with Crippen LogP contribution in [0.5, 0.6) is 0 Å². The molecule has 0 amide bonds. The summed E-state index contributed by atoms with van der Waals surface area (Å²) < 4.78 is 23.2. The van der Waals surface area contributed by atoms with Gasteiger partial charge in [0.15, 0.2) is 15.7 Å². The van der Waals surface area contributed by atoms with E-state index in [-0.39, 0.29) is 6.04 Å². The Morgan fingerprint density at radius 2 is 2.15 bits per heavy atom. The Labute approximate surface area is 117 Å². The molecule has 1 heterocycles. The van der Waals surface area contributed by atoms with Crippen LogP contribution in [0.4, 0.5) is 0 Å². The van der Waals surface area contributed by atoms with Gasteiger partial charge in [0.2, 0.25) is 0 Å². The molecule has 0 aliphatic heterocycles. The van der Waals surface area contributed by atoms with Gasteiger partial charge in [-0.05, 0) is 30.0 Å². The molecule has 0 spiro atoms. The Bertz CT molecular complexity index is 695. The first-order valence-corrected chi connectivity index (χ1v) is 7.99. The number of hydrogen-bond acceptors (Lipinski definition) is 6. The Kier molecular flexibility index (Phi) is 4.15. The molecule has 1 N–H and O–H groups in total. The topological polar surface area (TPSA) is 89.8 Å². The fraction of sp³-hybridized carbons (Fsp3) is 0.417. The lowest BCUT2D eigenvalue weighted by molar-refractivity contribution is 0.568. The van der Waals surface area contributed by atoms with Gasteiger partial charge in [-0.1, -0.05) is 12.1 Å². The van der Waals surface area contributed by atoms with Crippen LogP contribution in [0, 0.1) is 0 Å². The van der Waals surface area contributed by atoms with E-state index in [0.29, 0.717) is 17.1 Å². The van der Waals surface area contributed by atoms with E-state index in [4.69, 9.17) is 0 Å². The van der Waals surface area contributed by atoms with E-state index < -0.39 is 9.84 Å². The van der Waals surface area contributed by atoms with Gasteiger partial charge in [-0.25, -0.2) is 8.42 Å². The van der Waals surface area contributed by atoms with Crippen molar-refractivity contribution in [2.45, 2.75) is 17.4 Å². The lowest BCUT2D eigenvalue weighted by Gasteiger charge is -2.15. The summed E-state index contributed by atoms with van der Waals surface area (Å²) in [5.41, 5.74) is 0.878. The third-order valence-corrected chi connectivity index (χ3v) is 4.08. The average molecular weight is 295 g/mol. The van der Waals surface area contributed by atoms with Crippen LogP contribution in [0.25, 0.3) is 0 Å². The maximum Gasteiger partial charge on any atom is 0.176 e. The van der Waals surface area contributed by atoms with Crippen molar-refractivity contribution in [3.05, 3.63) is 35.7 Å². The van der Waals surface area contributed by atoms with E-state index in [1.165, 1.54) is 11.1 Å². The molecule has 8 heteroatoms. The molecule has 20 heavy (non-hydrogen) atoms. The molecular formula is C12H17N5O2S. The molecule has 0 bridgehead atoms. The van der Waals surface area contributed by atoms with E-state index in [0.717, 1.165) is 5.56 Å². The van der Waals surface area contributed by atoms with Crippen LogP contribution in [0.15, 0.2) is 29.2 Å². The molecule has 0 aliphatic rings. The second-order valence-electron chi connectivity index (χ2n) is 4.59. The average Bonchev–Trinajstić information content (AvgIpc) is 2.81. The van der Waals surface area contributed by atoms with E-state index in [1.807, 2.05) is 13.1 Å². The van der Waals surface area contributed by atoms with Crippen molar-refractivity contribution in [1.82, 2.24) is 25.5 Å². The summed E-state index contributed by atoms with van der Waals surface area (Å²) in [5, 5.41) is 15.0. The van der Waals surface area contributed by atoms with Crippen LogP contribution in [-0.4, -0.2) is 41.9 Å². The van der Waals surface area contributed by atoms with Gasteiger partial charge in [-0.2, -0.15) is 4.80 Å². The molecule has 0 fully saturated rings. The first-order valence-electron chi connectivity index (χ1n) is 6.10. The normalized spacial score (nSPS) is 13.3. The van der Waals surface area contributed by atoms with E-state index in [1.54, 1.807) is 25.2 Å². The van der Waals surface area contributed by atoms with Gasteiger partial charge in [0.05, 0.1) is 11.9 Å². The van der Waals surface area contributed by atoms with Gasteiger partial charge in [0.1, 0.15) is 0 Å². The minimum absolute atomic E-state index is 0.0686. The number of likely N-dealkylation sites (N-methyl/N-ethyl adjacent to an activating group) is 1. The van der Waals surface area contributed by atoms with Crippen molar-refractivity contribution < 1.29 is 8.42 Å². The smallest absolute Gasteiger partial charge is 0.176 e. The highest BCUT2D eigenvalue weighted by Gasteiger charge is 2.16. The molecule has 0 saturated heterocycles. The van der Waals surface area contributed by atoms with Crippen molar-refractivity contribution in [2.75, 3.05) is 13.3 Å². The number of benzene rings is 1. The van der Waals surface area contributed by atoms with Crippen LogP contribution in [0.3, 0.4) is 0 Å². The number of aromatic nitrogens is 4. The van der Waals surface area contributed by atoms with Gasteiger partial charge < -0.3 is 5.32 Å². The summed E-state index contributed by atoms with van der Waals surface area (Å²) >= 11 is 0. The van der Waals surface area contributed by atoms with E-state index in [2.05, 4.69) is 20.7 Å². The van der Waals surface area contributed by atoms with Gasteiger partial charge in [0.25, 0.3) is 0 Å². The lowest BCUT2D eigenvalue weighted by atomic mass is 10.0. The van der Waals surface area contributed by atoms with Crippen LogP contribution >= 0.6 is 0 Å². The predicted octanol–water partition coefficient (Wildman–Crippen LogP) is 0.117. The Hall–Kier alpha value is -1.80. The van der Waals surface area contributed by atoms with Crippen molar-refractivity contribution in [1.29, 1.82) is 0 Å². The summed E-state index contributed by atoms with van der Waals surface area (Å²) in [4.78, 5) is 1.71. The molecule has 1 atom stereocenters. The molecule has 0 saturated carbocycles. The molecule has 108 valence electrons. The molecule has 1 aromatic carbocycles. The summed E-state index contributed by atoms with van der Waals surface area (Å²) in [6.45, 7) is 0. The molecule has 2 rings (SSSR count). The SMILES string of the molecule is CNC(Cc1nnn(C)n1)c1cccc(S(C)(=O)=O)c1. The molecule has 1 unspecified atom stereocenters. The quantitative estimate of drug-likeness (QED) is 0.842. The zero-order valence-electron chi connectivity index (χ0n) is 11.6. The second kappa shape index (κ2) is 5.68. The molecule has 2 aromatic rings. The van der Waals surface area contributed by atoms with Gasteiger partial charge in [0, 0.05) is 18.7 Å². The molecular weight excluding hydrogens is 278 g/mol. The standard InChI is InChI=1S/C12H17N5O2S/c1-13-11(8-12-14-16-17(2)15-12)9-5-4-6-10(7-9)20(3,18)19/h4-7,11,13H,8H2,1-3H3. The van der Waals surface area contributed by atoms with Crippen molar-refractivity contribution in [2.24, 2.45) is 7.05 Å². The third kappa shape index (κ3) is 3.40. The van der Waals surface area contributed by atoms with Crippen LogP contribution in [0.1, 0.15) is 17.4 Å². The van der Waals surface area contributed by atoms with Crippen molar-refractivity contribution in [3.8, 4) is 0 Å².